The van der Waals surface area contributed by atoms with Gasteiger partial charge in [0, 0.05) is 19.3 Å². The van der Waals surface area contributed by atoms with Crippen molar-refractivity contribution in [1.82, 2.24) is 4.72 Å². The van der Waals surface area contributed by atoms with E-state index in [2.05, 4.69) is 9.46 Å². The Hall–Kier alpha value is -1.68. The number of carbonyl (C=O) groups excluding carboxylic acids is 1. The van der Waals surface area contributed by atoms with Crippen molar-refractivity contribution in [2.24, 2.45) is 0 Å². The van der Waals surface area contributed by atoms with Crippen LogP contribution in [0.3, 0.4) is 0 Å². The van der Waals surface area contributed by atoms with Crippen LogP contribution in [0.2, 0.25) is 0 Å². The van der Waals surface area contributed by atoms with E-state index in [1.54, 1.807) is 0 Å². The van der Waals surface area contributed by atoms with E-state index in [0.717, 1.165) is 13.2 Å². The smallest absolute Gasteiger partial charge is 0.339 e. The maximum Gasteiger partial charge on any atom is 0.339 e. The molecule has 1 atom stereocenters. The second-order valence-electron chi connectivity index (χ2n) is 4.21. The molecule has 0 aliphatic carbocycles. The first-order valence-electron chi connectivity index (χ1n) is 5.96. The molecule has 0 aliphatic rings. The molecule has 4 N–H and O–H groups in total. The topological polar surface area (TPSA) is 128 Å². The summed E-state index contributed by atoms with van der Waals surface area (Å²) in [6.07, 6.45) is -1.01. The van der Waals surface area contributed by atoms with Gasteiger partial charge in [0.25, 0.3) is 0 Å². The number of ether oxygens (including phenoxy) is 2. The molecule has 0 saturated carbocycles. The number of aliphatic hydroxyl groups is 1. The summed E-state index contributed by atoms with van der Waals surface area (Å²) in [6.45, 7) is -0.283. The van der Waals surface area contributed by atoms with Crippen LogP contribution in [0.4, 0.5) is 5.69 Å². The van der Waals surface area contributed by atoms with Crippen molar-refractivity contribution in [1.29, 1.82) is 0 Å². The van der Waals surface area contributed by atoms with Crippen LogP contribution in [0, 0.1) is 0 Å². The Bertz CT molecular complexity index is 602. The summed E-state index contributed by atoms with van der Waals surface area (Å²) in [7, 11) is -1.50. The Morgan fingerprint density at radius 3 is 2.67 bits per heavy atom. The van der Waals surface area contributed by atoms with Gasteiger partial charge in [-0.3, -0.25) is 0 Å². The number of rotatable bonds is 7. The molecule has 8 nitrogen and oxygen atoms in total. The molecular formula is C12H18N2O6S. The van der Waals surface area contributed by atoms with Crippen molar-refractivity contribution in [3.8, 4) is 0 Å². The Morgan fingerprint density at radius 1 is 1.43 bits per heavy atom. The molecule has 0 bridgehead atoms. The lowest BCUT2D eigenvalue weighted by molar-refractivity contribution is 0.0596. The zero-order valence-corrected chi connectivity index (χ0v) is 12.5. The van der Waals surface area contributed by atoms with Crippen molar-refractivity contribution in [2.45, 2.75) is 11.0 Å². The summed E-state index contributed by atoms with van der Waals surface area (Å²) in [5.74, 6) is -0.798. The van der Waals surface area contributed by atoms with Crippen LogP contribution < -0.4 is 10.5 Å². The predicted octanol–water partition coefficient (Wildman–Crippen LogP) is -0.659. The third-order valence-electron chi connectivity index (χ3n) is 2.57. The molecule has 1 unspecified atom stereocenters. The number of nitrogens with one attached hydrogen (secondary N) is 1. The summed E-state index contributed by atoms with van der Waals surface area (Å²) in [6, 6.07) is 3.81. The van der Waals surface area contributed by atoms with Crippen molar-refractivity contribution in [3.05, 3.63) is 23.8 Å². The van der Waals surface area contributed by atoms with Gasteiger partial charge in [-0.15, -0.1) is 0 Å². The second-order valence-corrected chi connectivity index (χ2v) is 5.94. The van der Waals surface area contributed by atoms with Crippen LogP contribution in [-0.4, -0.2) is 53.0 Å². The summed E-state index contributed by atoms with van der Waals surface area (Å²) >= 11 is 0. The molecular weight excluding hydrogens is 300 g/mol. The fourth-order valence-electron chi connectivity index (χ4n) is 1.57. The first-order valence-corrected chi connectivity index (χ1v) is 7.44. The highest BCUT2D eigenvalue weighted by Gasteiger charge is 2.24. The molecule has 0 amide bonds. The highest BCUT2D eigenvalue weighted by Crippen LogP contribution is 2.20. The number of hydrogen-bond donors (Lipinski definition) is 3. The van der Waals surface area contributed by atoms with E-state index in [9.17, 15) is 18.3 Å². The average Bonchev–Trinajstić information content (AvgIpc) is 2.44. The lowest BCUT2D eigenvalue weighted by Gasteiger charge is -2.13. The number of anilines is 1. The predicted molar refractivity (Wildman–Crippen MR) is 75.3 cm³/mol. The zero-order valence-electron chi connectivity index (χ0n) is 11.7. The van der Waals surface area contributed by atoms with E-state index in [4.69, 9.17) is 10.5 Å². The second kappa shape index (κ2) is 7.36. The highest BCUT2D eigenvalue weighted by molar-refractivity contribution is 7.89. The normalized spacial score (nSPS) is 12.9. The minimum Gasteiger partial charge on any atom is -0.465 e. The van der Waals surface area contributed by atoms with E-state index >= 15 is 0 Å². The van der Waals surface area contributed by atoms with Gasteiger partial charge < -0.3 is 20.3 Å². The maximum atomic E-state index is 12.2. The largest absolute Gasteiger partial charge is 0.465 e. The number of nitrogen functional groups attached to an aromatic ring is 1. The van der Waals surface area contributed by atoms with Gasteiger partial charge in [-0.25, -0.2) is 17.9 Å². The first kappa shape index (κ1) is 17.4. The monoisotopic (exact) mass is 318 g/mol. The molecule has 0 heterocycles. The van der Waals surface area contributed by atoms with Gasteiger partial charge in [0.1, 0.15) is 0 Å². The van der Waals surface area contributed by atoms with Crippen molar-refractivity contribution in [2.75, 3.05) is 33.1 Å². The van der Waals surface area contributed by atoms with Crippen LogP contribution in [-0.2, 0) is 19.5 Å². The number of aliphatic hydroxyl groups excluding tert-OH is 1. The molecule has 0 saturated heterocycles. The number of sulfonamides is 1. The molecule has 0 radical (unpaired) electrons. The number of nitrogens with two attached hydrogens (primary N) is 1. The molecule has 1 rings (SSSR count). The van der Waals surface area contributed by atoms with Gasteiger partial charge in [-0.2, -0.15) is 0 Å². The van der Waals surface area contributed by atoms with Crippen LogP contribution in [0.5, 0.6) is 0 Å². The maximum absolute atomic E-state index is 12.2. The third-order valence-corrected chi connectivity index (χ3v) is 4.03. The van der Waals surface area contributed by atoms with Crippen LogP contribution in [0.1, 0.15) is 10.4 Å². The first-order chi connectivity index (χ1) is 9.81. The van der Waals surface area contributed by atoms with E-state index in [1.165, 1.54) is 19.2 Å². The van der Waals surface area contributed by atoms with Gasteiger partial charge in [0.2, 0.25) is 10.0 Å². The van der Waals surface area contributed by atoms with E-state index in [0.29, 0.717) is 0 Å². The lowest BCUT2D eigenvalue weighted by atomic mass is 10.2. The molecule has 1 aromatic rings. The fraction of sp³-hybridized carbons (Fsp3) is 0.417. The summed E-state index contributed by atoms with van der Waals surface area (Å²) in [5, 5.41) is 9.47. The fourth-order valence-corrected chi connectivity index (χ4v) is 2.87. The molecule has 0 aliphatic heterocycles. The van der Waals surface area contributed by atoms with Crippen molar-refractivity contribution >= 4 is 21.7 Å². The lowest BCUT2D eigenvalue weighted by Crippen LogP contribution is -2.35. The number of benzene rings is 1. The van der Waals surface area contributed by atoms with Gasteiger partial charge >= 0.3 is 5.97 Å². The van der Waals surface area contributed by atoms with Crippen molar-refractivity contribution < 1.29 is 27.8 Å². The zero-order chi connectivity index (χ0) is 16.0. The van der Waals surface area contributed by atoms with Gasteiger partial charge in [0.15, 0.2) is 0 Å². The highest BCUT2D eigenvalue weighted by atomic mass is 32.2. The number of methoxy groups -OCH3 is 2. The standard InChI is InChI=1S/C12H18N2O6S/c1-19-7-9(15)6-14-21(17,18)11-5-8(13)3-4-10(11)12(16)20-2/h3-5,9,14-15H,6-7,13H2,1-2H3. The van der Waals surface area contributed by atoms with Crippen LogP contribution in [0.15, 0.2) is 23.1 Å². The Kier molecular flexibility index (Phi) is 6.09. The third kappa shape index (κ3) is 4.67. The molecule has 0 aromatic heterocycles. The Balaban J connectivity index is 3.07. The minimum absolute atomic E-state index is 0.0245. The van der Waals surface area contributed by atoms with Gasteiger partial charge in [-0.05, 0) is 18.2 Å². The Labute approximate surface area is 122 Å². The minimum atomic E-state index is -4.03. The van der Waals surface area contributed by atoms with Gasteiger partial charge in [0.05, 0.1) is 30.3 Å². The van der Waals surface area contributed by atoms with E-state index < -0.39 is 22.1 Å². The summed E-state index contributed by atoms with van der Waals surface area (Å²) in [4.78, 5) is 11.3. The Morgan fingerprint density at radius 2 is 2.10 bits per heavy atom. The molecule has 9 heteroatoms. The summed E-state index contributed by atoms with van der Waals surface area (Å²) in [5.41, 5.74) is 5.60. The van der Waals surface area contributed by atoms with Crippen molar-refractivity contribution in [3.63, 3.8) is 0 Å². The number of esters is 1. The SMILES string of the molecule is COCC(O)CNS(=O)(=O)c1cc(N)ccc1C(=O)OC. The molecule has 0 fully saturated rings. The molecule has 118 valence electrons. The molecule has 1 aromatic carbocycles. The molecule has 21 heavy (non-hydrogen) atoms. The average molecular weight is 318 g/mol. The van der Waals surface area contributed by atoms with E-state index in [-0.39, 0.29) is 29.3 Å². The molecule has 0 spiro atoms. The number of hydrogen-bond acceptors (Lipinski definition) is 7. The van der Waals surface area contributed by atoms with Gasteiger partial charge in [-0.1, -0.05) is 0 Å². The van der Waals surface area contributed by atoms with Crippen LogP contribution in [0.25, 0.3) is 0 Å². The number of carbonyl (C=O) groups is 1. The van der Waals surface area contributed by atoms with E-state index in [1.807, 2.05) is 0 Å². The van der Waals surface area contributed by atoms with Crippen LogP contribution >= 0.6 is 0 Å². The summed E-state index contributed by atoms with van der Waals surface area (Å²) < 4.78 is 35.8. The quantitative estimate of drug-likeness (QED) is 0.450.